The summed E-state index contributed by atoms with van der Waals surface area (Å²) in [5.41, 5.74) is 8.15. The topological polar surface area (TPSA) is 43.1 Å². The minimum absolute atomic E-state index is 0.153. The van der Waals surface area contributed by atoms with Crippen molar-refractivity contribution in [3.05, 3.63) is 35.4 Å². The number of halogens is 3. The van der Waals surface area contributed by atoms with Gasteiger partial charge in [-0.2, -0.15) is 13.2 Å². The molecule has 0 saturated heterocycles. The molecule has 1 atom stereocenters. The molecule has 0 aliphatic carbocycles. The van der Waals surface area contributed by atoms with Crippen LogP contribution >= 0.6 is 0 Å². The average molecular weight is 263 g/mol. The Morgan fingerprint density at radius 1 is 1.17 bits per heavy atom. The zero-order valence-electron chi connectivity index (χ0n) is 11.1. The molecular weight excluding hydrogens is 243 g/mol. The molecule has 0 aliphatic rings. The number of rotatable bonds is 1. The molecule has 0 bridgehead atoms. The van der Waals surface area contributed by atoms with Gasteiger partial charge in [-0.3, -0.25) is 4.79 Å². The highest BCUT2D eigenvalue weighted by molar-refractivity contribution is 5.56. The van der Waals surface area contributed by atoms with Gasteiger partial charge in [-0.05, 0) is 19.4 Å². The van der Waals surface area contributed by atoms with Crippen molar-refractivity contribution in [1.29, 1.82) is 0 Å². The maximum atomic E-state index is 10.4. The molecule has 0 aromatic heterocycles. The Morgan fingerprint density at radius 2 is 1.50 bits per heavy atom. The Morgan fingerprint density at radius 3 is 1.72 bits per heavy atom. The van der Waals surface area contributed by atoms with Gasteiger partial charge in [-0.25, -0.2) is 0 Å². The summed E-state index contributed by atoms with van der Waals surface area (Å²) in [6.45, 7) is 8.07. The van der Waals surface area contributed by atoms with E-state index in [-0.39, 0.29) is 6.04 Å². The Balaban J connectivity index is 0. The highest BCUT2D eigenvalue weighted by Gasteiger charge is 2.24. The van der Waals surface area contributed by atoms with Crippen LogP contribution in [0.25, 0.3) is 0 Å². The molecule has 1 aromatic rings. The Labute approximate surface area is 106 Å². The first-order chi connectivity index (χ1) is 8.26. The first-order valence-electron chi connectivity index (χ1n) is 5.61. The number of benzene rings is 1. The van der Waals surface area contributed by atoms with Gasteiger partial charge >= 0.3 is 6.18 Å². The number of aldehydes is 1. The predicted octanol–water partition coefficient (Wildman–Crippen LogP) is 3.79. The summed E-state index contributed by atoms with van der Waals surface area (Å²) in [5.74, 6) is 0. The van der Waals surface area contributed by atoms with Gasteiger partial charge in [0.1, 0.15) is 0 Å². The van der Waals surface area contributed by atoms with Crippen LogP contribution in [0.5, 0.6) is 0 Å². The number of nitrogens with two attached hydrogens (primary N) is 1. The van der Waals surface area contributed by atoms with E-state index >= 15 is 0 Å². The minimum atomic E-state index is -4.64. The van der Waals surface area contributed by atoms with Gasteiger partial charge in [-0.1, -0.05) is 43.7 Å². The number of hydrogen-bond donors (Lipinski definition) is 1. The molecule has 2 N–H and O–H groups in total. The first-order valence-corrected chi connectivity index (χ1v) is 5.61. The van der Waals surface area contributed by atoms with E-state index in [1.807, 2.05) is 20.8 Å². The molecule has 0 spiro atoms. The van der Waals surface area contributed by atoms with E-state index in [1.54, 1.807) is 0 Å². The van der Waals surface area contributed by atoms with Crippen molar-refractivity contribution < 1.29 is 18.0 Å². The molecule has 5 heteroatoms. The van der Waals surface area contributed by atoms with Gasteiger partial charge in [0.05, 0.1) is 0 Å². The molecule has 0 radical (unpaired) electrons. The van der Waals surface area contributed by atoms with Gasteiger partial charge in [-0.15, -0.1) is 0 Å². The second-order valence-corrected chi connectivity index (χ2v) is 3.36. The van der Waals surface area contributed by atoms with E-state index in [4.69, 9.17) is 10.5 Å². The third kappa shape index (κ3) is 11.1. The van der Waals surface area contributed by atoms with Crippen LogP contribution < -0.4 is 5.73 Å². The number of carbonyl (C=O) groups excluding carboxylic acids is 1. The molecule has 2 nitrogen and oxygen atoms in total. The molecule has 1 rings (SSSR count). The fraction of sp³-hybridized carbons (Fsp3) is 0.462. The standard InChI is InChI=1S/C9H13N.C2HF3O.C2H6/c1-7-3-5-9(6-4-7)8(2)10;3-2(4,5)1-6;1-2/h3-6,8H,10H2,1-2H3;1H;1-2H3/t8-;;/m0../s1. The van der Waals surface area contributed by atoms with Crippen molar-refractivity contribution in [3.8, 4) is 0 Å². The van der Waals surface area contributed by atoms with E-state index in [9.17, 15) is 13.2 Å². The average Bonchev–Trinajstić information content (AvgIpc) is 2.32. The van der Waals surface area contributed by atoms with Crippen molar-refractivity contribution in [2.75, 3.05) is 0 Å². The van der Waals surface area contributed by atoms with Crippen molar-refractivity contribution in [2.45, 2.75) is 39.9 Å². The fourth-order valence-electron chi connectivity index (χ4n) is 0.870. The Bertz CT molecular complexity index is 318. The van der Waals surface area contributed by atoms with Crippen molar-refractivity contribution in [2.24, 2.45) is 5.73 Å². The second-order valence-electron chi connectivity index (χ2n) is 3.36. The van der Waals surface area contributed by atoms with E-state index in [1.165, 1.54) is 11.1 Å². The third-order valence-corrected chi connectivity index (χ3v) is 1.74. The minimum Gasteiger partial charge on any atom is -0.324 e. The summed E-state index contributed by atoms with van der Waals surface area (Å²) in [7, 11) is 0. The van der Waals surface area contributed by atoms with Crippen LogP contribution in [0.2, 0.25) is 0 Å². The van der Waals surface area contributed by atoms with Crippen LogP contribution in [-0.4, -0.2) is 12.5 Å². The largest absolute Gasteiger partial charge is 0.446 e. The third-order valence-electron chi connectivity index (χ3n) is 1.74. The normalized spacial score (nSPS) is 11.3. The summed E-state index contributed by atoms with van der Waals surface area (Å²) in [6, 6.07) is 8.46. The van der Waals surface area contributed by atoms with E-state index in [2.05, 4.69) is 31.2 Å². The molecular formula is C13H20F3NO. The van der Waals surface area contributed by atoms with Crippen LogP contribution in [0.3, 0.4) is 0 Å². The molecule has 0 heterocycles. The Hall–Kier alpha value is -1.36. The molecule has 0 aliphatic heterocycles. The zero-order valence-corrected chi connectivity index (χ0v) is 11.1. The fourth-order valence-corrected chi connectivity index (χ4v) is 0.870. The van der Waals surface area contributed by atoms with Crippen molar-refractivity contribution >= 4 is 6.29 Å². The van der Waals surface area contributed by atoms with Gasteiger partial charge < -0.3 is 5.73 Å². The summed E-state index contributed by atoms with van der Waals surface area (Å²) >= 11 is 0. The van der Waals surface area contributed by atoms with Gasteiger partial charge in [0.15, 0.2) is 0 Å². The van der Waals surface area contributed by atoms with Crippen LogP contribution in [0.4, 0.5) is 13.2 Å². The number of hydrogen-bond acceptors (Lipinski definition) is 2. The van der Waals surface area contributed by atoms with E-state index in [0.717, 1.165) is 0 Å². The van der Waals surface area contributed by atoms with Gasteiger partial charge in [0.2, 0.25) is 6.29 Å². The van der Waals surface area contributed by atoms with Crippen molar-refractivity contribution in [3.63, 3.8) is 0 Å². The molecule has 0 fully saturated rings. The van der Waals surface area contributed by atoms with Gasteiger partial charge in [0.25, 0.3) is 0 Å². The Kier molecular flexibility index (Phi) is 10.2. The highest BCUT2D eigenvalue weighted by atomic mass is 19.4. The van der Waals surface area contributed by atoms with Crippen LogP contribution in [0.1, 0.15) is 37.9 Å². The number of alkyl halides is 3. The molecule has 0 unspecified atom stereocenters. The number of carbonyl (C=O) groups is 1. The second kappa shape index (κ2) is 9.65. The predicted molar refractivity (Wildman–Crippen MR) is 67.2 cm³/mol. The monoisotopic (exact) mass is 263 g/mol. The summed E-state index contributed by atoms with van der Waals surface area (Å²) < 4.78 is 31.2. The lowest BCUT2D eigenvalue weighted by Crippen LogP contribution is -2.07. The van der Waals surface area contributed by atoms with E-state index in [0.29, 0.717) is 0 Å². The zero-order chi connectivity index (χ0) is 14.8. The molecule has 1 aromatic carbocycles. The summed E-state index contributed by atoms with van der Waals surface area (Å²) in [4.78, 5) is 8.70. The van der Waals surface area contributed by atoms with Crippen LogP contribution in [0.15, 0.2) is 24.3 Å². The quantitative estimate of drug-likeness (QED) is 0.783. The number of aryl methyl sites for hydroxylation is 1. The summed E-state index contributed by atoms with van der Waals surface area (Å²) in [6.07, 6.45) is -5.70. The molecule has 0 amide bonds. The summed E-state index contributed by atoms with van der Waals surface area (Å²) in [5, 5.41) is 0. The maximum absolute atomic E-state index is 10.4. The van der Waals surface area contributed by atoms with Crippen LogP contribution in [-0.2, 0) is 4.79 Å². The van der Waals surface area contributed by atoms with Gasteiger partial charge in [0, 0.05) is 6.04 Å². The first kappa shape index (κ1) is 19.0. The molecule has 104 valence electrons. The maximum Gasteiger partial charge on any atom is 0.446 e. The lowest BCUT2D eigenvalue weighted by Gasteiger charge is -2.03. The van der Waals surface area contributed by atoms with Crippen LogP contribution in [0, 0.1) is 6.92 Å². The van der Waals surface area contributed by atoms with E-state index < -0.39 is 12.5 Å². The molecule has 18 heavy (non-hydrogen) atoms. The lowest BCUT2D eigenvalue weighted by molar-refractivity contribution is -0.156. The van der Waals surface area contributed by atoms with Crippen molar-refractivity contribution in [1.82, 2.24) is 0 Å². The lowest BCUT2D eigenvalue weighted by atomic mass is 10.1. The SMILES string of the molecule is CC.Cc1ccc([C@H](C)N)cc1.O=CC(F)(F)F. The smallest absolute Gasteiger partial charge is 0.324 e. The highest BCUT2D eigenvalue weighted by Crippen LogP contribution is 2.09. The molecule has 0 saturated carbocycles.